The molecule has 3 rings (SSSR count). The van der Waals surface area contributed by atoms with E-state index in [0.717, 1.165) is 45.2 Å². The summed E-state index contributed by atoms with van der Waals surface area (Å²) >= 11 is 0. The summed E-state index contributed by atoms with van der Waals surface area (Å²) in [6, 6.07) is 7.05. The standard InChI is InChI=1S/C23H37N3O3S/c1-19-9-6-7-17-26(19)18-8-16-24-23(27)20-12-14-22(15-13-20)30(28,29)25(2)21-10-4-3-5-11-21/h12-15,19,21H,3-11,16-18H2,1-2H3,(H,24,27)/t19-/m0/s1. The maximum atomic E-state index is 12.9. The average Bonchev–Trinajstić information content (AvgIpc) is 2.77. The molecular formula is C23H37N3O3S. The fourth-order valence-corrected chi connectivity index (χ4v) is 6.08. The number of amides is 1. The normalized spacial score (nSPS) is 21.6. The first-order valence-corrected chi connectivity index (χ1v) is 12.9. The molecule has 1 N–H and O–H groups in total. The zero-order chi connectivity index (χ0) is 21.6. The smallest absolute Gasteiger partial charge is 0.251 e. The summed E-state index contributed by atoms with van der Waals surface area (Å²) in [6.07, 6.45) is 9.97. The van der Waals surface area contributed by atoms with Crippen LogP contribution in [-0.4, -0.2) is 62.3 Å². The maximum Gasteiger partial charge on any atom is 0.251 e. The fraction of sp³-hybridized carbons (Fsp3) is 0.696. The Morgan fingerprint density at radius 2 is 1.73 bits per heavy atom. The van der Waals surface area contributed by atoms with Crippen LogP contribution in [0, 0.1) is 0 Å². The number of nitrogens with zero attached hydrogens (tertiary/aromatic N) is 2. The van der Waals surface area contributed by atoms with Crippen molar-refractivity contribution >= 4 is 15.9 Å². The maximum absolute atomic E-state index is 12.9. The molecule has 0 bridgehead atoms. The van der Waals surface area contributed by atoms with Crippen molar-refractivity contribution in [2.75, 3.05) is 26.7 Å². The van der Waals surface area contributed by atoms with Gasteiger partial charge in [-0.1, -0.05) is 25.7 Å². The highest BCUT2D eigenvalue weighted by atomic mass is 32.2. The zero-order valence-corrected chi connectivity index (χ0v) is 19.3. The lowest BCUT2D eigenvalue weighted by molar-refractivity contribution is 0.0948. The van der Waals surface area contributed by atoms with Gasteiger partial charge in [-0.05, 0) is 69.8 Å². The third kappa shape index (κ3) is 5.83. The predicted octanol–water partition coefficient (Wildman–Crippen LogP) is 3.63. The number of carbonyl (C=O) groups is 1. The van der Waals surface area contributed by atoms with Crippen LogP contribution in [0.5, 0.6) is 0 Å². The Balaban J connectivity index is 1.49. The number of benzene rings is 1. The first-order chi connectivity index (χ1) is 14.4. The van der Waals surface area contributed by atoms with Crippen LogP contribution in [0.15, 0.2) is 29.2 Å². The number of hydrogen-bond donors (Lipinski definition) is 1. The lowest BCUT2D eigenvalue weighted by atomic mass is 9.96. The molecular weight excluding hydrogens is 398 g/mol. The molecule has 1 amide bonds. The number of sulfonamides is 1. The zero-order valence-electron chi connectivity index (χ0n) is 18.5. The molecule has 30 heavy (non-hydrogen) atoms. The van der Waals surface area contributed by atoms with Crippen LogP contribution in [0.3, 0.4) is 0 Å². The van der Waals surface area contributed by atoms with Crippen molar-refractivity contribution in [2.24, 2.45) is 0 Å². The Morgan fingerprint density at radius 1 is 1.07 bits per heavy atom. The van der Waals surface area contributed by atoms with E-state index in [9.17, 15) is 13.2 Å². The molecule has 2 fully saturated rings. The number of likely N-dealkylation sites (tertiary alicyclic amines) is 1. The molecule has 2 aliphatic rings. The van der Waals surface area contributed by atoms with E-state index in [-0.39, 0.29) is 16.8 Å². The van der Waals surface area contributed by atoms with Crippen LogP contribution >= 0.6 is 0 Å². The summed E-state index contributed by atoms with van der Waals surface area (Å²) in [5.74, 6) is -0.147. The van der Waals surface area contributed by atoms with E-state index in [1.54, 1.807) is 31.3 Å². The predicted molar refractivity (Wildman–Crippen MR) is 120 cm³/mol. The molecule has 1 aliphatic heterocycles. The van der Waals surface area contributed by atoms with Gasteiger partial charge in [0.25, 0.3) is 5.91 Å². The number of hydrogen-bond acceptors (Lipinski definition) is 4. The van der Waals surface area contributed by atoms with Gasteiger partial charge in [0.2, 0.25) is 10.0 Å². The van der Waals surface area contributed by atoms with E-state index < -0.39 is 10.0 Å². The molecule has 1 atom stereocenters. The largest absolute Gasteiger partial charge is 0.352 e. The van der Waals surface area contributed by atoms with Crippen LogP contribution in [0.1, 0.15) is 75.1 Å². The highest BCUT2D eigenvalue weighted by Crippen LogP contribution is 2.26. The second kappa shape index (κ2) is 10.7. The molecule has 0 unspecified atom stereocenters. The van der Waals surface area contributed by atoms with Crippen LogP contribution in [0.4, 0.5) is 0 Å². The van der Waals surface area contributed by atoms with Crippen molar-refractivity contribution in [1.82, 2.24) is 14.5 Å². The Labute approximate surface area is 182 Å². The lowest BCUT2D eigenvalue weighted by Crippen LogP contribution is -2.39. The Kier molecular flexibility index (Phi) is 8.31. The van der Waals surface area contributed by atoms with Crippen molar-refractivity contribution in [3.63, 3.8) is 0 Å². The summed E-state index contributed by atoms with van der Waals surface area (Å²) in [5.41, 5.74) is 0.501. The average molecular weight is 436 g/mol. The third-order valence-corrected chi connectivity index (χ3v) is 8.65. The van der Waals surface area contributed by atoms with E-state index in [1.807, 2.05) is 0 Å². The molecule has 1 saturated carbocycles. The van der Waals surface area contributed by atoms with E-state index in [1.165, 1.54) is 30.0 Å². The molecule has 0 radical (unpaired) electrons. The first-order valence-electron chi connectivity index (χ1n) is 11.5. The molecule has 168 valence electrons. The summed E-state index contributed by atoms with van der Waals surface area (Å²) < 4.78 is 27.4. The summed E-state index contributed by atoms with van der Waals surface area (Å²) in [4.78, 5) is 15.2. The second-order valence-electron chi connectivity index (χ2n) is 8.83. The van der Waals surface area contributed by atoms with E-state index >= 15 is 0 Å². The van der Waals surface area contributed by atoms with E-state index in [0.29, 0.717) is 18.2 Å². The second-order valence-corrected chi connectivity index (χ2v) is 10.8. The minimum Gasteiger partial charge on any atom is -0.352 e. The van der Waals surface area contributed by atoms with Crippen molar-refractivity contribution in [3.8, 4) is 0 Å². The summed E-state index contributed by atoms with van der Waals surface area (Å²) in [5, 5.41) is 2.96. The Bertz CT molecular complexity index is 788. The minimum absolute atomic E-state index is 0.0781. The van der Waals surface area contributed by atoms with Gasteiger partial charge in [0.1, 0.15) is 0 Å². The number of piperidine rings is 1. The molecule has 0 spiro atoms. The SMILES string of the molecule is C[C@H]1CCCCN1CCCNC(=O)c1ccc(S(=O)(=O)N(C)C2CCCCC2)cc1. The van der Waals surface area contributed by atoms with Crippen LogP contribution in [0.25, 0.3) is 0 Å². The Hall–Kier alpha value is -1.44. The lowest BCUT2D eigenvalue weighted by Gasteiger charge is -2.33. The van der Waals surface area contributed by atoms with Gasteiger partial charge >= 0.3 is 0 Å². The third-order valence-electron chi connectivity index (χ3n) is 6.73. The monoisotopic (exact) mass is 435 g/mol. The van der Waals surface area contributed by atoms with Gasteiger partial charge in [-0.2, -0.15) is 4.31 Å². The van der Waals surface area contributed by atoms with Crippen molar-refractivity contribution in [3.05, 3.63) is 29.8 Å². The van der Waals surface area contributed by atoms with Gasteiger partial charge in [0.05, 0.1) is 4.90 Å². The molecule has 1 saturated heterocycles. The summed E-state index contributed by atoms with van der Waals surface area (Å²) in [7, 11) is -1.85. The molecule has 1 aromatic rings. The number of rotatable bonds is 8. The van der Waals surface area contributed by atoms with Crippen LogP contribution < -0.4 is 5.32 Å². The van der Waals surface area contributed by atoms with Crippen molar-refractivity contribution in [2.45, 2.75) is 81.7 Å². The van der Waals surface area contributed by atoms with Crippen molar-refractivity contribution in [1.29, 1.82) is 0 Å². The first kappa shape index (κ1) is 23.2. The number of carbonyl (C=O) groups excluding carboxylic acids is 1. The molecule has 6 nitrogen and oxygen atoms in total. The van der Waals surface area contributed by atoms with Gasteiger partial charge in [-0.25, -0.2) is 8.42 Å². The van der Waals surface area contributed by atoms with Gasteiger partial charge in [-0.3, -0.25) is 4.79 Å². The summed E-state index contributed by atoms with van der Waals surface area (Å²) in [6.45, 7) is 5.07. The minimum atomic E-state index is -3.52. The molecule has 7 heteroatoms. The van der Waals surface area contributed by atoms with Gasteiger partial charge in [-0.15, -0.1) is 0 Å². The molecule has 1 heterocycles. The quantitative estimate of drug-likeness (QED) is 0.633. The molecule has 0 aromatic heterocycles. The van der Waals surface area contributed by atoms with Gasteiger partial charge in [0.15, 0.2) is 0 Å². The fourth-order valence-electron chi connectivity index (χ4n) is 4.66. The van der Waals surface area contributed by atoms with Crippen LogP contribution in [-0.2, 0) is 10.0 Å². The van der Waals surface area contributed by atoms with Gasteiger partial charge in [0, 0.05) is 37.8 Å². The molecule has 1 aromatic carbocycles. The highest BCUT2D eigenvalue weighted by Gasteiger charge is 2.29. The highest BCUT2D eigenvalue weighted by molar-refractivity contribution is 7.89. The van der Waals surface area contributed by atoms with E-state index in [2.05, 4.69) is 17.1 Å². The topological polar surface area (TPSA) is 69.7 Å². The van der Waals surface area contributed by atoms with E-state index in [4.69, 9.17) is 0 Å². The molecule has 1 aliphatic carbocycles. The van der Waals surface area contributed by atoms with Gasteiger partial charge < -0.3 is 10.2 Å². The number of nitrogens with one attached hydrogen (secondary N) is 1. The Morgan fingerprint density at radius 3 is 2.40 bits per heavy atom. The van der Waals surface area contributed by atoms with Crippen LogP contribution in [0.2, 0.25) is 0 Å². The van der Waals surface area contributed by atoms with Crippen molar-refractivity contribution < 1.29 is 13.2 Å².